The van der Waals surface area contributed by atoms with E-state index in [2.05, 4.69) is 39.6 Å². The van der Waals surface area contributed by atoms with Crippen molar-refractivity contribution in [2.45, 2.75) is 60.0 Å². The summed E-state index contributed by atoms with van der Waals surface area (Å²) in [5.41, 5.74) is 1.07. The zero-order valence-corrected chi connectivity index (χ0v) is 15.0. The maximum absolute atomic E-state index is 11.4. The second-order valence-corrected chi connectivity index (χ2v) is 7.38. The predicted molar refractivity (Wildman–Crippen MR) is 97.1 cm³/mol. The molecule has 0 aliphatic carbocycles. The molecular weight excluding hydrogens is 286 g/mol. The van der Waals surface area contributed by atoms with Crippen molar-refractivity contribution < 1.29 is 4.74 Å². The van der Waals surface area contributed by atoms with Gasteiger partial charge >= 0.3 is 0 Å². The van der Waals surface area contributed by atoms with Crippen LogP contribution in [0.5, 0.6) is 5.75 Å². The van der Waals surface area contributed by atoms with Crippen molar-refractivity contribution in [2.24, 2.45) is 11.3 Å². The highest BCUT2D eigenvalue weighted by Crippen LogP contribution is 2.35. The summed E-state index contributed by atoms with van der Waals surface area (Å²) in [5, 5.41) is 1.02. The van der Waals surface area contributed by atoms with Crippen LogP contribution in [0.1, 0.15) is 53.9 Å². The normalized spacial score (nSPS) is 14.7. The van der Waals surface area contributed by atoms with Gasteiger partial charge in [-0.3, -0.25) is 4.79 Å². The molecule has 126 valence electrons. The zero-order valence-electron chi connectivity index (χ0n) is 15.0. The van der Waals surface area contributed by atoms with Gasteiger partial charge in [-0.05, 0) is 54.7 Å². The van der Waals surface area contributed by atoms with E-state index in [-0.39, 0.29) is 11.7 Å². The Labute approximate surface area is 139 Å². The fraction of sp³-hybridized carbons (Fsp3) is 0.550. The van der Waals surface area contributed by atoms with Gasteiger partial charge in [-0.1, -0.05) is 34.1 Å². The Hall–Kier alpha value is -1.77. The lowest BCUT2D eigenvalue weighted by Crippen LogP contribution is -2.26. The van der Waals surface area contributed by atoms with Gasteiger partial charge in [0, 0.05) is 12.1 Å². The third kappa shape index (κ3) is 4.60. The van der Waals surface area contributed by atoms with Crippen LogP contribution in [0.4, 0.5) is 0 Å². The van der Waals surface area contributed by atoms with Gasteiger partial charge in [0.2, 0.25) is 5.56 Å². The summed E-state index contributed by atoms with van der Waals surface area (Å²) < 4.78 is 6.08. The molecule has 0 spiro atoms. The van der Waals surface area contributed by atoms with Crippen molar-refractivity contribution >= 4 is 10.9 Å². The maximum Gasteiger partial charge on any atom is 0.248 e. The molecule has 0 bridgehead atoms. The van der Waals surface area contributed by atoms with Crippen LogP contribution < -0.4 is 10.3 Å². The third-order valence-electron chi connectivity index (χ3n) is 4.95. The molecule has 0 aliphatic heterocycles. The van der Waals surface area contributed by atoms with Crippen LogP contribution in [0.3, 0.4) is 0 Å². The Morgan fingerprint density at radius 2 is 1.87 bits per heavy atom. The molecule has 1 N–H and O–H groups in total. The van der Waals surface area contributed by atoms with Crippen LogP contribution in [0, 0.1) is 11.3 Å². The van der Waals surface area contributed by atoms with Gasteiger partial charge < -0.3 is 9.72 Å². The van der Waals surface area contributed by atoms with Gasteiger partial charge in [-0.25, -0.2) is 0 Å². The van der Waals surface area contributed by atoms with Gasteiger partial charge in [0.1, 0.15) is 5.75 Å². The summed E-state index contributed by atoms with van der Waals surface area (Å²) in [4.78, 5) is 14.3. The minimum Gasteiger partial charge on any atom is -0.491 e. The van der Waals surface area contributed by atoms with E-state index in [4.69, 9.17) is 4.74 Å². The van der Waals surface area contributed by atoms with Gasteiger partial charge in [0.15, 0.2) is 0 Å². The Morgan fingerprint density at radius 1 is 1.17 bits per heavy atom. The molecule has 1 aromatic heterocycles. The summed E-state index contributed by atoms with van der Waals surface area (Å²) in [6.07, 6.45) is 3.62. The van der Waals surface area contributed by atoms with Crippen LogP contribution in [0.25, 0.3) is 10.9 Å². The number of hydrogen-bond acceptors (Lipinski definition) is 2. The van der Waals surface area contributed by atoms with E-state index in [1.54, 1.807) is 6.07 Å². The average Bonchev–Trinajstić information content (AvgIpc) is 2.46. The number of aromatic amines is 1. The summed E-state index contributed by atoms with van der Waals surface area (Å²) in [6.45, 7) is 11.4. The lowest BCUT2D eigenvalue weighted by atomic mass is 9.74. The monoisotopic (exact) mass is 315 g/mol. The van der Waals surface area contributed by atoms with Crippen LogP contribution in [0.2, 0.25) is 0 Å². The summed E-state index contributed by atoms with van der Waals surface area (Å²) in [5.74, 6) is 1.41. The molecule has 2 unspecified atom stereocenters. The maximum atomic E-state index is 11.4. The van der Waals surface area contributed by atoms with Gasteiger partial charge in [-0.2, -0.15) is 0 Å². The largest absolute Gasteiger partial charge is 0.491 e. The molecule has 0 saturated carbocycles. The molecule has 2 aromatic rings. The number of fused-ring (bicyclic) bond motifs is 1. The first-order chi connectivity index (χ1) is 10.8. The first-order valence-electron chi connectivity index (χ1n) is 8.61. The van der Waals surface area contributed by atoms with E-state index in [1.165, 1.54) is 12.8 Å². The van der Waals surface area contributed by atoms with Crippen LogP contribution in [0.15, 0.2) is 35.1 Å². The second-order valence-electron chi connectivity index (χ2n) is 7.38. The van der Waals surface area contributed by atoms with E-state index >= 15 is 0 Å². The Kier molecular flexibility index (Phi) is 5.51. The average molecular weight is 315 g/mol. The quantitative estimate of drug-likeness (QED) is 0.768. The molecule has 2 rings (SSSR count). The van der Waals surface area contributed by atoms with Gasteiger partial charge in [0.05, 0.1) is 11.6 Å². The molecule has 0 fully saturated rings. The smallest absolute Gasteiger partial charge is 0.248 e. The van der Waals surface area contributed by atoms with E-state index in [9.17, 15) is 4.79 Å². The predicted octanol–water partition coefficient (Wildman–Crippen LogP) is 5.15. The van der Waals surface area contributed by atoms with Crippen LogP contribution in [-0.4, -0.2) is 11.1 Å². The number of aromatic nitrogens is 1. The number of ether oxygens (including phenoxy) is 1. The molecule has 2 atom stereocenters. The first-order valence-corrected chi connectivity index (χ1v) is 8.61. The fourth-order valence-electron chi connectivity index (χ4n) is 3.19. The molecule has 23 heavy (non-hydrogen) atoms. The lowest BCUT2D eigenvalue weighted by Gasteiger charge is -2.33. The Morgan fingerprint density at radius 3 is 2.57 bits per heavy atom. The number of pyridine rings is 1. The van der Waals surface area contributed by atoms with Gasteiger partial charge in [0.25, 0.3) is 0 Å². The SMILES string of the molecule is CCCC(C)(C)C(C)CC(C)Oc1ccc2ccc(=O)[nH]c2c1. The van der Waals surface area contributed by atoms with Crippen molar-refractivity contribution in [3.8, 4) is 5.75 Å². The highest BCUT2D eigenvalue weighted by Gasteiger charge is 2.26. The molecule has 1 heterocycles. The Balaban J connectivity index is 2.05. The standard InChI is InChI=1S/C20H29NO2/c1-6-11-20(4,5)14(2)12-15(3)23-17-9-7-16-8-10-19(22)21-18(16)13-17/h7-10,13-15H,6,11-12H2,1-5H3,(H,21,22). The molecule has 0 aliphatic rings. The van der Waals surface area contributed by atoms with E-state index in [0.29, 0.717) is 11.3 Å². The van der Waals surface area contributed by atoms with Crippen molar-refractivity contribution in [2.75, 3.05) is 0 Å². The highest BCUT2D eigenvalue weighted by atomic mass is 16.5. The van der Waals surface area contributed by atoms with Crippen LogP contribution in [-0.2, 0) is 0 Å². The van der Waals surface area contributed by atoms with Crippen molar-refractivity contribution in [1.29, 1.82) is 0 Å². The molecule has 0 radical (unpaired) electrons. The Bertz CT molecular complexity index is 702. The molecule has 3 heteroatoms. The summed E-state index contributed by atoms with van der Waals surface area (Å²) in [7, 11) is 0. The van der Waals surface area contributed by atoms with Crippen molar-refractivity contribution in [3.63, 3.8) is 0 Å². The minimum atomic E-state index is -0.0855. The number of rotatable bonds is 7. The number of benzene rings is 1. The van der Waals surface area contributed by atoms with E-state index in [1.807, 2.05) is 24.3 Å². The molecule has 0 amide bonds. The third-order valence-corrected chi connectivity index (χ3v) is 4.95. The molecule has 3 nitrogen and oxygen atoms in total. The van der Waals surface area contributed by atoms with E-state index in [0.717, 1.165) is 23.1 Å². The van der Waals surface area contributed by atoms with Gasteiger partial charge in [-0.15, -0.1) is 0 Å². The molecular formula is C20H29NO2. The first kappa shape index (κ1) is 17.6. The lowest BCUT2D eigenvalue weighted by molar-refractivity contribution is 0.124. The van der Waals surface area contributed by atoms with Crippen molar-refractivity contribution in [1.82, 2.24) is 4.98 Å². The zero-order chi connectivity index (χ0) is 17.0. The summed E-state index contributed by atoms with van der Waals surface area (Å²) >= 11 is 0. The summed E-state index contributed by atoms with van der Waals surface area (Å²) in [6, 6.07) is 9.24. The molecule has 0 saturated heterocycles. The number of H-pyrrole nitrogens is 1. The molecule has 1 aromatic carbocycles. The highest BCUT2D eigenvalue weighted by molar-refractivity contribution is 5.79. The number of hydrogen-bond donors (Lipinski definition) is 1. The fourth-order valence-corrected chi connectivity index (χ4v) is 3.19. The van der Waals surface area contributed by atoms with E-state index < -0.39 is 0 Å². The second kappa shape index (κ2) is 7.20. The van der Waals surface area contributed by atoms with Crippen LogP contribution >= 0.6 is 0 Å². The van der Waals surface area contributed by atoms with Crippen molar-refractivity contribution in [3.05, 3.63) is 40.7 Å². The topological polar surface area (TPSA) is 42.1 Å². The minimum absolute atomic E-state index is 0.0855. The number of nitrogens with one attached hydrogen (secondary N) is 1.